The van der Waals surface area contributed by atoms with Crippen LogP contribution in [0.15, 0.2) is 35.7 Å². The maximum Gasteiger partial charge on any atom is 0.208 e. The Kier molecular flexibility index (Phi) is 5.71. The molecular formula is C17H18FN3O2S3. The SMILES string of the molecule is Cc1ccc(Nc2nc(-c3ccc(CCNS(C)(=O)=O)s3)cs2)cc1F. The van der Waals surface area contributed by atoms with Gasteiger partial charge >= 0.3 is 0 Å². The summed E-state index contributed by atoms with van der Waals surface area (Å²) in [4.78, 5) is 6.64. The number of nitrogens with one attached hydrogen (secondary N) is 2. The highest BCUT2D eigenvalue weighted by atomic mass is 32.2. The highest BCUT2D eigenvalue weighted by molar-refractivity contribution is 7.88. The van der Waals surface area contributed by atoms with Crippen molar-refractivity contribution in [3.63, 3.8) is 0 Å². The van der Waals surface area contributed by atoms with Crippen LogP contribution in [0.1, 0.15) is 10.4 Å². The van der Waals surface area contributed by atoms with Gasteiger partial charge in [0, 0.05) is 22.5 Å². The normalized spacial score (nSPS) is 11.7. The second-order valence-corrected chi connectivity index (χ2v) is 9.67. The second kappa shape index (κ2) is 7.83. The van der Waals surface area contributed by atoms with Gasteiger partial charge in [-0.05, 0) is 43.2 Å². The molecule has 0 radical (unpaired) electrons. The molecule has 26 heavy (non-hydrogen) atoms. The van der Waals surface area contributed by atoms with Gasteiger partial charge in [-0.25, -0.2) is 22.5 Å². The number of thiophene rings is 1. The van der Waals surface area contributed by atoms with E-state index in [0.717, 1.165) is 21.7 Å². The lowest BCUT2D eigenvalue weighted by atomic mass is 10.2. The van der Waals surface area contributed by atoms with Crippen molar-refractivity contribution in [1.82, 2.24) is 9.71 Å². The number of hydrogen-bond donors (Lipinski definition) is 2. The molecule has 0 saturated heterocycles. The Balaban J connectivity index is 1.65. The number of aromatic nitrogens is 1. The number of rotatable bonds is 7. The number of aryl methyl sites for hydroxylation is 1. The van der Waals surface area contributed by atoms with Crippen molar-refractivity contribution in [2.45, 2.75) is 13.3 Å². The zero-order chi connectivity index (χ0) is 18.7. The standard InChI is InChI=1S/C17H18FN3O2S3/c1-11-3-4-12(9-14(11)18)20-17-21-15(10-24-17)16-6-5-13(25-16)7-8-19-26(2,22)23/h3-6,9-10,19H,7-8H2,1-2H3,(H,20,21). The fourth-order valence-corrected chi connectivity index (χ4v) is 4.49. The molecule has 0 spiro atoms. The topological polar surface area (TPSA) is 71.1 Å². The van der Waals surface area contributed by atoms with Crippen LogP contribution in [-0.4, -0.2) is 26.2 Å². The molecule has 9 heteroatoms. The number of benzene rings is 1. The number of thiazole rings is 1. The third kappa shape index (κ3) is 5.10. The lowest BCUT2D eigenvalue weighted by Gasteiger charge is -2.03. The van der Waals surface area contributed by atoms with Crippen LogP contribution in [0.5, 0.6) is 0 Å². The quantitative estimate of drug-likeness (QED) is 0.613. The maximum atomic E-state index is 13.6. The molecule has 0 fully saturated rings. The molecule has 2 heterocycles. The molecule has 0 unspecified atom stereocenters. The van der Waals surface area contributed by atoms with E-state index >= 15 is 0 Å². The van der Waals surface area contributed by atoms with Gasteiger partial charge in [0.15, 0.2) is 5.13 Å². The molecule has 0 saturated carbocycles. The molecule has 138 valence electrons. The Morgan fingerprint density at radius 3 is 2.77 bits per heavy atom. The van der Waals surface area contributed by atoms with Crippen LogP contribution >= 0.6 is 22.7 Å². The number of nitrogens with zero attached hydrogens (tertiary/aromatic N) is 1. The molecule has 0 aliphatic carbocycles. The third-order valence-corrected chi connectivity index (χ3v) is 6.23. The van der Waals surface area contributed by atoms with Crippen LogP contribution in [-0.2, 0) is 16.4 Å². The summed E-state index contributed by atoms with van der Waals surface area (Å²) < 4.78 is 38.3. The van der Waals surface area contributed by atoms with Crippen molar-refractivity contribution in [1.29, 1.82) is 0 Å². The van der Waals surface area contributed by atoms with Crippen molar-refractivity contribution >= 4 is 43.5 Å². The Labute approximate surface area is 160 Å². The van der Waals surface area contributed by atoms with Crippen LogP contribution < -0.4 is 10.0 Å². The van der Waals surface area contributed by atoms with Gasteiger partial charge in [0.2, 0.25) is 10.0 Å². The largest absolute Gasteiger partial charge is 0.331 e. The van der Waals surface area contributed by atoms with Gasteiger partial charge in [0.25, 0.3) is 0 Å². The molecule has 3 aromatic rings. The first-order valence-electron chi connectivity index (χ1n) is 7.82. The van der Waals surface area contributed by atoms with Crippen LogP contribution in [0.3, 0.4) is 0 Å². The van der Waals surface area contributed by atoms with Crippen LogP contribution in [0.25, 0.3) is 10.6 Å². The van der Waals surface area contributed by atoms with Crippen molar-refractivity contribution < 1.29 is 12.8 Å². The summed E-state index contributed by atoms with van der Waals surface area (Å²) in [5.74, 6) is -0.252. The minimum atomic E-state index is -3.16. The summed E-state index contributed by atoms with van der Waals surface area (Å²) in [7, 11) is -3.16. The summed E-state index contributed by atoms with van der Waals surface area (Å²) >= 11 is 3.03. The van der Waals surface area contributed by atoms with E-state index in [9.17, 15) is 12.8 Å². The molecule has 0 amide bonds. The Bertz CT molecular complexity index is 1010. The Hall–Kier alpha value is -1.81. The highest BCUT2D eigenvalue weighted by Crippen LogP contribution is 2.32. The smallest absolute Gasteiger partial charge is 0.208 e. The maximum absolute atomic E-state index is 13.6. The monoisotopic (exact) mass is 411 g/mol. The fourth-order valence-electron chi connectivity index (χ4n) is 2.25. The predicted molar refractivity (Wildman–Crippen MR) is 106 cm³/mol. The number of sulfonamides is 1. The number of hydrogen-bond acceptors (Lipinski definition) is 6. The van der Waals surface area contributed by atoms with E-state index in [0.29, 0.717) is 29.3 Å². The van der Waals surface area contributed by atoms with Gasteiger partial charge in [-0.1, -0.05) is 6.07 Å². The molecule has 5 nitrogen and oxygen atoms in total. The molecule has 2 aromatic heterocycles. The summed E-state index contributed by atoms with van der Waals surface area (Å²) in [6.07, 6.45) is 1.78. The minimum absolute atomic E-state index is 0.252. The first-order chi connectivity index (χ1) is 12.3. The van der Waals surface area contributed by atoms with E-state index in [-0.39, 0.29) is 5.82 Å². The van der Waals surface area contributed by atoms with Gasteiger partial charge in [0.1, 0.15) is 5.82 Å². The van der Waals surface area contributed by atoms with Crippen LogP contribution in [0.4, 0.5) is 15.2 Å². The molecule has 0 aliphatic heterocycles. The van der Waals surface area contributed by atoms with E-state index in [1.54, 1.807) is 24.3 Å². The molecule has 3 rings (SSSR count). The van der Waals surface area contributed by atoms with Crippen LogP contribution in [0, 0.1) is 12.7 Å². The molecule has 0 bridgehead atoms. The molecule has 1 aromatic carbocycles. The van der Waals surface area contributed by atoms with E-state index in [1.807, 2.05) is 23.6 Å². The van der Waals surface area contributed by atoms with Gasteiger partial charge < -0.3 is 5.32 Å². The minimum Gasteiger partial charge on any atom is -0.331 e. The first kappa shape index (κ1) is 19.0. The fraction of sp³-hybridized carbons (Fsp3) is 0.235. The average molecular weight is 412 g/mol. The van der Waals surface area contributed by atoms with E-state index in [2.05, 4.69) is 15.0 Å². The van der Waals surface area contributed by atoms with Gasteiger partial charge in [-0.3, -0.25) is 0 Å². The van der Waals surface area contributed by atoms with Crippen LogP contribution in [0.2, 0.25) is 0 Å². The van der Waals surface area contributed by atoms with Crippen molar-refractivity contribution in [3.05, 3.63) is 52.0 Å². The zero-order valence-electron chi connectivity index (χ0n) is 14.2. The Morgan fingerprint density at radius 1 is 1.23 bits per heavy atom. The summed E-state index contributed by atoms with van der Waals surface area (Å²) in [6, 6.07) is 8.95. The van der Waals surface area contributed by atoms with Crippen molar-refractivity contribution in [3.8, 4) is 10.6 Å². The van der Waals surface area contributed by atoms with E-state index in [4.69, 9.17) is 0 Å². The number of halogens is 1. The lowest BCUT2D eigenvalue weighted by molar-refractivity contribution is 0.588. The highest BCUT2D eigenvalue weighted by Gasteiger charge is 2.09. The van der Waals surface area contributed by atoms with Crippen molar-refractivity contribution in [2.24, 2.45) is 0 Å². The Morgan fingerprint density at radius 2 is 2.04 bits per heavy atom. The summed E-state index contributed by atoms with van der Waals surface area (Å²) in [5, 5.41) is 5.75. The van der Waals surface area contributed by atoms with Gasteiger partial charge in [-0.15, -0.1) is 22.7 Å². The predicted octanol–water partition coefficient (Wildman–Crippen LogP) is 4.15. The van der Waals surface area contributed by atoms with E-state index < -0.39 is 10.0 Å². The molecular weight excluding hydrogens is 393 g/mol. The van der Waals surface area contributed by atoms with Gasteiger partial charge in [-0.2, -0.15) is 0 Å². The summed E-state index contributed by atoms with van der Waals surface area (Å²) in [5.41, 5.74) is 2.11. The second-order valence-electron chi connectivity index (χ2n) is 5.81. The average Bonchev–Trinajstić information content (AvgIpc) is 3.19. The molecule has 0 atom stereocenters. The zero-order valence-corrected chi connectivity index (χ0v) is 16.7. The third-order valence-electron chi connectivity index (χ3n) is 3.58. The summed E-state index contributed by atoms with van der Waals surface area (Å²) in [6.45, 7) is 2.10. The van der Waals surface area contributed by atoms with Gasteiger partial charge in [0.05, 0.1) is 16.8 Å². The molecule has 0 aliphatic rings. The lowest BCUT2D eigenvalue weighted by Crippen LogP contribution is -2.23. The number of anilines is 2. The molecule has 2 N–H and O–H groups in total. The van der Waals surface area contributed by atoms with E-state index in [1.165, 1.54) is 17.4 Å². The van der Waals surface area contributed by atoms with Crippen molar-refractivity contribution in [2.75, 3.05) is 18.1 Å². The first-order valence-corrected chi connectivity index (χ1v) is 11.4.